The molecule has 1 aromatic heterocycles. The maximum Gasteiger partial charge on any atom is 0.326 e. The summed E-state index contributed by atoms with van der Waals surface area (Å²) in [6.07, 6.45) is 1.84. The van der Waals surface area contributed by atoms with E-state index < -0.39 is 27.9 Å². The first-order valence-electron chi connectivity index (χ1n) is 6.37. The number of rotatable bonds is 8. The molecule has 0 bridgehead atoms. The molecule has 0 radical (unpaired) electrons. The van der Waals surface area contributed by atoms with Gasteiger partial charge in [0.1, 0.15) is 6.04 Å². The molecular formula is C12H18N2O5S2. The van der Waals surface area contributed by atoms with Crippen molar-refractivity contribution in [3.63, 3.8) is 0 Å². The van der Waals surface area contributed by atoms with E-state index in [2.05, 4.69) is 10.0 Å². The van der Waals surface area contributed by atoms with Crippen LogP contribution in [-0.4, -0.2) is 38.5 Å². The fourth-order valence-corrected chi connectivity index (χ4v) is 3.50. The molecule has 0 spiro atoms. The fraction of sp³-hybridized carbons (Fsp3) is 0.500. The van der Waals surface area contributed by atoms with Crippen LogP contribution in [0.15, 0.2) is 16.3 Å². The van der Waals surface area contributed by atoms with Gasteiger partial charge in [0, 0.05) is 5.38 Å². The van der Waals surface area contributed by atoms with Crippen molar-refractivity contribution < 1.29 is 23.1 Å². The van der Waals surface area contributed by atoms with Gasteiger partial charge in [-0.05, 0) is 19.5 Å². The maximum absolute atomic E-state index is 12.0. The van der Waals surface area contributed by atoms with Gasteiger partial charge in [-0.2, -0.15) is 0 Å². The van der Waals surface area contributed by atoms with Crippen LogP contribution in [0.3, 0.4) is 0 Å². The van der Waals surface area contributed by atoms with E-state index in [0.29, 0.717) is 12.8 Å². The van der Waals surface area contributed by atoms with Gasteiger partial charge in [-0.15, -0.1) is 11.3 Å². The fourth-order valence-electron chi connectivity index (χ4n) is 1.59. The molecule has 118 valence electrons. The zero-order valence-electron chi connectivity index (χ0n) is 11.8. The summed E-state index contributed by atoms with van der Waals surface area (Å²) < 4.78 is 25.3. The first-order chi connectivity index (χ1) is 9.81. The molecule has 0 aliphatic rings. The van der Waals surface area contributed by atoms with Gasteiger partial charge >= 0.3 is 5.97 Å². The van der Waals surface area contributed by atoms with Gasteiger partial charge in [0.25, 0.3) is 5.91 Å². The summed E-state index contributed by atoms with van der Waals surface area (Å²) in [6, 6.07) is 0.258. The van der Waals surface area contributed by atoms with E-state index in [9.17, 15) is 18.0 Å². The van der Waals surface area contributed by atoms with E-state index in [1.165, 1.54) is 18.5 Å². The molecule has 0 aromatic carbocycles. The normalized spacial score (nSPS) is 12.9. The minimum Gasteiger partial charge on any atom is -0.480 e. The van der Waals surface area contributed by atoms with Crippen molar-refractivity contribution >= 4 is 33.2 Å². The number of thiophene rings is 1. The van der Waals surface area contributed by atoms with E-state index >= 15 is 0 Å². The first kappa shape index (κ1) is 17.6. The number of carbonyl (C=O) groups excluding carboxylic acids is 1. The van der Waals surface area contributed by atoms with E-state index in [0.717, 1.165) is 17.8 Å². The van der Waals surface area contributed by atoms with Crippen molar-refractivity contribution in [2.75, 3.05) is 7.05 Å². The smallest absolute Gasteiger partial charge is 0.326 e. The van der Waals surface area contributed by atoms with Gasteiger partial charge < -0.3 is 10.4 Å². The van der Waals surface area contributed by atoms with Crippen LogP contribution in [0, 0.1) is 0 Å². The van der Waals surface area contributed by atoms with Crippen molar-refractivity contribution in [2.45, 2.75) is 37.1 Å². The second kappa shape index (κ2) is 7.53. The largest absolute Gasteiger partial charge is 0.480 e. The van der Waals surface area contributed by atoms with Crippen LogP contribution in [0.1, 0.15) is 35.9 Å². The van der Waals surface area contributed by atoms with Crippen LogP contribution in [0.4, 0.5) is 0 Å². The van der Waals surface area contributed by atoms with Crippen molar-refractivity contribution in [1.29, 1.82) is 0 Å². The molecule has 0 saturated heterocycles. The van der Waals surface area contributed by atoms with Gasteiger partial charge in [0.05, 0.1) is 9.77 Å². The number of carboxylic acid groups (broad SMARTS) is 1. The molecular weight excluding hydrogens is 316 g/mol. The zero-order chi connectivity index (χ0) is 16.0. The van der Waals surface area contributed by atoms with Gasteiger partial charge in [-0.3, -0.25) is 4.79 Å². The van der Waals surface area contributed by atoms with Gasteiger partial charge in [-0.25, -0.2) is 17.9 Å². The number of nitrogens with one attached hydrogen (secondary N) is 2. The zero-order valence-corrected chi connectivity index (χ0v) is 13.4. The average molecular weight is 334 g/mol. The van der Waals surface area contributed by atoms with E-state index in [4.69, 9.17) is 5.11 Å². The quantitative estimate of drug-likeness (QED) is 0.657. The Labute approximate surface area is 127 Å². The third-order valence-corrected chi connectivity index (χ3v) is 5.30. The molecule has 0 aliphatic carbocycles. The Kier molecular flexibility index (Phi) is 6.31. The third kappa shape index (κ3) is 4.80. The number of hydrogen-bond acceptors (Lipinski definition) is 5. The highest BCUT2D eigenvalue weighted by Gasteiger charge is 2.22. The van der Waals surface area contributed by atoms with Crippen LogP contribution in [-0.2, 0) is 14.8 Å². The van der Waals surface area contributed by atoms with Crippen LogP contribution in [0.2, 0.25) is 0 Å². The SMILES string of the molecule is CCCCC(NC(=O)c1cc(S(=O)(=O)NC)cs1)C(=O)O. The first-order valence-corrected chi connectivity index (χ1v) is 8.73. The molecule has 9 heteroatoms. The number of carbonyl (C=O) groups is 2. The third-order valence-electron chi connectivity index (χ3n) is 2.83. The Balaban J connectivity index is 2.82. The summed E-state index contributed by atoms with van der Waals surface area (Å²) in [5.74, 6) is -1.68. The lowest BCUT2D eigenvalue weighted by atomic mass is 10.1. The van der Waals surface area contributed by atoms with Crippen LogP contribution < -0.4 is 10.0 Å². The highest BCUT2D eigenvalue weighted by Crippen LogP contribution is 2.19. The number of aliphatic carboxylic acids is 1. The summed E-state index contributed by atoms with van der Waals surface area (Å²) in [5.41, 5.74) is 0. The molecule has 1 amide bonds. The lowest BCUT2D eigenvalue weighted by Gasteiger charge is -2.13. The molecule has 7 nitrogen and oxygen atoms in total. The Morgan fingerprint density at radius 3 is 2.62 bits per heavy atom. The Morgan fingerprint density at radius 1 is 1.43 bits per heavy atom. The highest BCUT2D eigenvalue weighted by molar-refractivity contribution is 7.89. The van der Waals surface area contributed by atoms with E-state index in [1.807, 2.05) is 6.92 Å². The minimum absolute atomic E-state index is 0.0133. The second-order valence-corrected chi connectivity index (χ2v) is 7.16. The summed E-state index contributed by atoms with van der Waals surface area (Å²) in [7, 11) is -2.33. The number of hydrogen-bond donors (Lipinski definition) is 3. The topological polar surface area (TPSA) is 113 Å². The molecule has 1 aromatic rings. The maximum atomic E-state index is 12.0. The standard InChI is InChI=1S/C12H18N2O5S2/c1-3-4-5-9(12(16)17)14-11(15)10-6-8(7-20-10)21(18,19)13-2/h6-7,9,13H,3-5H2,1-2H3,(H,14,15)(H,16,17). The van der Waals surface area contributed by atoms with Crippen molar-refractivity contribution in [2.24, 2.45) is 0 Å². The number of carboxylic acids is 1. The number of unbranched alkanes of at least 4 members (excludes halogenated alkanes) is 1. The Bertz CT molecular complexity index is 609. The molecule has 21 heavy (non-hydrogen) atoms. The van der Waals surface area contributed by atoms with Crippen molar-refractivity contribution in [3.05, 3.63) is 16.3 Å². The minimum atomic E-state index is -3.61. The molecule has 0 aliphatic heterocycles. The van der Waals surface area contributed by atoms with Crippen LogP contribution in [0.25, 0.3) is 0 Å². The van der Waals surface area contributed by atoms with Crippen molar-refractivity contribution in [3.8, 4) is 0 Å². The highest BCUT2D eigenvalue weighted by atomic mass is 32.2. The molecule has 1 unspecified atom stereocenters. The summed E-state index contributed by atoms with van der Waals surface area (Å²) in [4.78, 5) is 23.2. The van der Waals surface area contributed by atoms with Crippen molar-refractivity contribution in [1.82, 2.24) is 10.0 Å². The van der Waals surface area contributed by atoms with Crippen LogP contribution >= 0.6 is 11.3 Å². The van der Waals surface area contributed by atoms with Gasteiger partial charge in [0.15, 0.2) is 0 Å². The lowest BCUT2D eigenvalue weighted by molar-refractivity contribution is -0.139. The molecule has 3 N–H and O–H groups in total. The van der Waals surface area contributed by atoms with Crippen LogP contribution in [0.5, 0.6) is 0 Å². The Morgan fingerprint density at radius 2 is 2.10 bits per heavy atom. The molecule has 1 heterocycles. The van der Waals surface area contributed by atoms with E-state index in [-0.39, 0.29) is 9.77 Å². The molecule has 0 saturated carbocycles. The summed E-state index contributed by atoms with van der Waals surface area (Å²) >= 11 is 0.953. The molecule has 1 rings (SSSR count). The average Bonchev–Trinajstić information content (AvgIpc) is 2.93. The van der Waals surface area contributed by atoms with Gasteiger partial charge in [-0.1, -0.05) is 19.8 Å². The second-order valence-electron chi connectivity index (χ2n) is 4.36. The monoisotopic (exact) mass is 334 g/mol. The summed E-state index contributed by atoms with van der Waals surface area (Å²) in [6.45, 7) is 1.93. The Hall–Kier alpha value is -1.45. The summed E-state index contributed by atoms with van der Waals surface area (Å²) in [5, 5.41) is 12.8. The lowest BCUT2D eigenvalue weighted by Crippen LogP contribution is -2.40. The van der Waals surface area contributed by atoms with Gasteiger partial charge in [0.2, 0.25) is 10.0 Å². The number of sulfonamides is 1. The molecule has 1 atom stereocenters. The number of amides is 1. The predicted octanol–water partition coefficient (Wildman–Crippen LogP) is 1.03. The predicted molar refractivity (Wildman–Crippen MR) is 79.0 cm³/mol. The molecule has 0 fully saturated rings. The van der Waals surface area contributed by atoms with E-state index in [1.54, 1.807) is 0 Å².